The van der Waals surface area contributed by atoms with E-state index in [-0.39, 0.29) is 18.2 Å². The third-order valence-corrected chi connectivity index (χ3v) is 2.94. The number of carbonyl (C=O) groups is 2. The monoisotopic (exact) mass is 286 g/mol. The number of hydrogen-bond donors (Lipinski definition) is 3. The highest BCUT2D eigenvalue weighted by Crippen LogP contribution is 2.21. The Morgan fingerprint density at radius 1 is 1.30 bits per heavy atom. The van der Waals surface area contributed by atoms with Crippen molar-refractivity contribution in [1.82, 2.24) is 0 Å². The molecule has 0 aliphatic heterocycles. The van der Waals surface area contributed by atoms with Crippen LogP contribution >= 0.6 is 0 Å². The number of carboxylic acid groups (broad SMARTS) is 1. The Balaban J connectivity index is 3.06. The van der Waals surface area contributed by atoms with Crippen molar-refractivity contribution in [2.75, 3.05) is 11.9 Å². The van der Waals surface area contributed by atoms with Gasteiger partial charge in [-0.15, -0.1) is 0 Å². The van der Waals surface area contributed by atoms with Gasteiger partial charge in [0.05, 0.1) is 17.2 Å². The summed E-state index contributed by atoms with van der Waals surface area (Å²) in [5, 5.41) is 11.0. The van der Waals surface area contributed by atoms with E-state index < -0.39 is 35.0 Å². The molecule has 1 amide bonds. The number of nitrogens with two attached hydrogens (primary N) is 1. The molecule has 1 atom stereocenters. The second-order valence-corrected chi connectivity index (χ2v) is 4.69. The summed E-state index contributed by atoms with van der Waals surface area (Å²) in [7, 11) is 0. The van der Waals surface area contributed by atoms with Gasteiger partial charge < -0.3 is 16.2 Å². The molecule has 0 aliphatic carbocycles. The molecule has 4 N–H and O–H groups in total. The maximum atomic E-state index is 13.5. The normalized spacial score (nSPS) is 12.3. The zero-order chi connectivity index (χ0) is 15.4. The first kappa shape index (κ1) is 16.0. The number of aromatic carboxylic acids is 1. The van der Waals surface area contributed by atoms with E-state index in [9.17, 15) is 18.4 Å². The van der Waals surface area contributed by atoms with Gasteiger partial charge in [0, 0.05) is 12.6 Å². The van der Waals surface area contributed by atoms with Crippen LogP contribution in [0.4, 0.5) is 14.5 Å². The smallest absolute Gasteiger partial charge is 0.338 e. The number of hydrogen-bond acceptors (Lipinski definition) is 3. The van der Waals surface area contributed by atoms with Gasteiger partial charge in [0.25, 0.3) is 0 Å². The van der Waals surface area contributed by atoms with Gasteiger partial charge in [0.15, 0.2) is 0 Å². The quantitative estimate of drug-likeness (QED) is 0.770. The fourth-order valence-electron chi connectivity index (χ4n) is 1.72. The van der Waals surface area contributed by atoms with Crippen LogP contribution in [-0.4, -0.2) is 23.5 Å². The highest BCUT2D eigenvalue weighted by atomic mass is 19.1. The van der Waals surface area contributed by atoms with Crippen molar-refractivity contribution in [2.45, 2.75) is 13.8 Å². The number of carbonyl (C=O) groups excluding carboxylic acids is 1. The summed E-state index contributed by atoms with van der Waals surface area (Å²) >= 11 is 0. The van der Waals surface area contributed by atoms with E-state index in [1.165, 1.54) is 0 Å². The Bertz CT molecular complexity index is 533. The number of nitrogens with one attached hydrogen (secondary N) is 1. The Kier molecular flexibility index (Phi) is 5.15. The lowest BCUT2D eigenvalue weighted by Gasteiger charge is -2.18. The molecule has 1 rings (SSSR count). The molecule has 1 aromatic carbocycles. The molecule has 0 spiro atoms. The Labute approximate surface area is 114 Å². The molecule has 110 valence electrons. The van der Waals surface area contributed by atoms with E-state index >= 15 is 0 Å². The average Bonchev–Trinajstić information content (AvgIpc) is 2.32. The largest absolute Gasteiger partial charge is 0.478 e. The molecular weight excluding hydrogens is 270 g/mol. The van der Waals surface area contributed by atoms with Crippen molar-refractivity contribution in [3.05, 3.63) is 29.3 Å². The average molecular weight is 286 g/mol. The maximum absolute atomic E-state index is 13.5. The van der Waals surface area contributed by atoms with Crippen LogP contribution in [0.25, 0.3) is 0 Å². The third-order valence-electron chi connectivity index (χ3n) is 2.94. The number of benzene rings is 1. The summed E-state index contributed by atoms with van der Waals surface area (Å²) in [6, 6.07) is 1.17. The lowest BCUT2D eigenvalue weighted by atomic mass is 9.95. The van der Waals surface area contributed by atoms with E-state index in [0.717, 1.165) is 6.07 Å². The van der Waals surface area contributed by atoms with Gasteiger partial charge in [0.2, 0.25) is 5.91 Å². The van der Waals surface area contributed by atoms with E-state index in [0.29, 0.717) is 6.07 Å². The number of halogens is 2. The molecule has 0 saturated heterocycles. The molecule has 0 saturated carbocycles. The molecule has 0 heterocycles. The van der Waals surface area contributed by atoms with E-state index in [1.807, 2.05) is 0 Å². The standard InChI is InChI=1S/C13H16F2N2O3/c1-6(2)8(5-16)12(18)17-11-3-7(13(19)20)9(14)4-10(11)15/h3-4,6,8H,5,16H2,1-2H3,(H,17,18)(H,19,20). The zero-order valence-corrected chi connectivity index (χ0v) is 11.1. The Morgan fingerprint density at radius 2 is 1.90 bits per heavy atom. The Hall–Kier alpha value is -2.02. The second-order valence-electron chi connectivity index (χ2n) is 4.69. The van der Waals surface area contributed by atoms with Gasteiger partial charge in [-0.05, 0) is 12.0 Å². The van der Waals surface area contributed by atoms with Gasteiger partial charge in [-0.3, -0.25) is 4.79 Å². The van der Waals surface area contributed by atoms with Crippen molar-refractivity contribution in [3.63, 3.8) is 0 Å². The molecule has 7 heteroatoms. The van der Waals surface area contributed by atoms with Gasteiger partial charge in [0.1, 0.15) is 11.6 Å². The molecular formula is C13H16F2N2O3. The lowest BCUT2D eigenvalue weighted by molar-refractivity contribution is -0.120. The molecule has 0 aliphatic rings. The zero-order valence-electron chi connectivity index (χ0n) is 11.1. The Morgan fingerprint density at radius 3 is 2.35 bits per heavy atom. The summed E-state index contributed by atoms with van der Waals surface area (Å²) in [5.74, 6) is -4.94. The minimum absolute atomic E-state index is 0.0672. The molecule has 0 radical (unpaired) electrons. The number of carboxylic acids is 1. The topological polar surface area (TPSA) is 92.4 Å². The second kappa shape index (κ2) is 6.42. The van der Waals surface area contributed by atoms with Crippen molar-refractivity contribution < 1.29 is 23.5 Å². The van der Waals surface area contributed by atoms with Crippen molar-refractivity contribution >= 4 is 17.6 Å². The van der Waals surface area contributed by atoms with Crippen LogP contribution in [0.3, 0.4) is 0 Å². The van der Waals surface area contributed by atoms with Crippen LogP contribution in [0, 0.1) is 23.5 Å². The summed E-state index contributed by atoms with van der Waals surface area (Å²) < 4.78 is 26.8. The SMILES string of the molecule is CC(C)C(CN)C(=O)Nc1cc(C(=O)O)c(F)cc1F. The van der Waals surface area contributed by atoms with Crippen molar-refractivity contribution in [2.24, 2.45) is 17.6 Å². The number of rotatable bonds is 5. The third kappa shape index (κ3) is 3.51. The van der Waals surface area contributed by atoms with Crippen molar-refractivity contribution in [1.29, 1.82) is 0 Å². The van der Waals surface area contributed by atoms with Crippen LogP contribution < -0.4 is 11.1 Å². The first-order valence-corrected chi connectivity index (χ1v) is 6.01. The summed E-state index contributed by atoms with van der Waals surface area (Å²) in [6.07, 6.45) is 0. The highest BCUT2D eigenvalue weighted by Gasteiger charge is 2.23. The highest BCUT2D eigenvalue weighted by molar-refractivity contribution is 5.95. The minimum atomic E-state index is -1.54. The van der Waals surface area contributed by atoms with Gasteiger partial charge in [-0.1, -0.05) is 13.8 Å². The van der Waals surface area contributed by atoms with E-state index in [1.54, 1.807) is 13.8 Å². The van der Waals surface area contributed by atoms with Crippen LogP contribution in [0.1, 0.15) is 24.2 Å². The van der Waals surface area contributed by atoms with E-state index in [4.69, 9.17) is 10.8 Å². The molecule has 1 aromatic rings. The summed E-state index contributed by atoms with van der Waals surface area (Å²) in [4.78, 5) is 22.7. The number of amides is 1. The van der Waals surface area contributed by atoms with Crippen LogP contribution in [0.15, 0.2) is 12.1 Å². The van der Waals surface area contributed by atoms with Gasteiger partial charge >= 0.3 is 5.97 Å². The predicted octanol–water partition coefficient (Wildman–Crippen LogP) is 1.83. The van der Waals surface area contributed by atoms with Crippen LogP contribution in [-0.2, 0) is 4.79 Å². The predicted molar refractivity (Wildman–Crippen MR) is 69.3 cm³/mol. The molecule has 20 heavy (non-hydrogen) atoms. The lowest BCUT2D eigenvalue weighted by Crippen LogP contribution is -2.33. The minimum Gasteiger partial charge on any atom is -0.478 e. The van der Waals surface area contributed by atoms with E-state index in [2.05, 4.69) is 5.32 Å². The van der Waals surface area contributed by atoms with Crippen LogP contribution in [0.2, 0.25) is 0 Å². The van der Waals surface area contributed by atoms with Crippen LogP contribution in [0.5, 0.6) is 0 Å². The fourth-order valence-corrected chi connectivity index (χ4v) is 1.72. The molecule has 0 fully saturated rings. The molecule has 5 nitrogen and oxygen atoms in total. The number of anilines is 1. The molecule has 0 bridgehead atoms. The summed E-state index contributed by atoms with van der Waals surface area (Å²) in [6.45, 7) is 3.62. The van der Waals surface area contributed by atoms with Gasteiger partial charge in [-0.25, -0.2) is 13.6 Å². The maximum Gasteiger partial charge on any atom is 0.338 e. The molecule has 1 unspecified atom stereocenters. The first-order chi connectivity index (χ1) is 9.27. The van der Waals surface area contributed by atoms with Gasteiger partial charge in [-0.2, -0.15) is 0 Å². The van der Waals surface area contributed by atoms with Crippen molar-refractivity contribution in [3.8, 4) is 0 Å². The summed E-state index contributed by atoms with van der Waals surface area (Å²) in [5.41, 5.74) is 4.37. The molecule has 0 aromatic heterocycles. The first-order valence-electron chi connectivity index (χ1n) is 6.01. The fraction of sp³-hybridized carbons (Fsp3) is 0.385.